The number of benzene rings is 1. The average Bonchev–Trinajstić information content (AvgIpc) is 2.45. The van der Waals surface area contributed by atoms with Crippen molar-refractivity contribution in [3.63, 3.8) is 0 Å². The second-order valence-corrected chi connectivity index (χ2v) is 5.48. The lowest BCUT2D eigenvalue weighted by atomic mass is 9.98. The van der Waals surface area contributed by atoms with Gasteiger partial charge in [0, 0.05) is 19.6 Å². The summed E-state index contributed by atoms with van der Waals surface area (Å²) in [6, 6.07) is 5.38. The van der Waals surface area contributed by atoms with Crippen LogP contribution in [0.2, 0.25) is 0 Å². The Balaban J connectivity index is 2.42. The fourth-order valence-electron chi connectivity index (χ4n) is 2.56. The molecule has 2 rings (SSSR count). The van der Waals surface area contributed by atoms with Crippen LogP contribution in [0, 0.1) is 0 Å². The zero-order valence-electron chi connectivity index (χ0n) is 12.5. The fraction of sp³-hybridized carbons (Fsp3) is 0.533. The van der Waals surface area contributed by atoms with E-state index in [0.29, 0.717) is 23.6 Å². The maximum Gasteiger partial charge on any atom is 0.261 e. The van der Waals surface area contributed by atoms with Gasteiger partial charge >= 0.3 is 0 Å². The molecule has 0 radical (unpaired) electrons. The Morgan fingerprint density at radius 1 is 1.25 bits per heavy atom. The lowest BCUT2D eigenvalue weighted by Crippen LogP contribution is -2.59. The molecule has 1 aliphatic rings. The van der Waals surface area contributed by atoms with Gasteiger partial charge in [0.25, 0.3) is 5.91 Å². The number of carbonyl (C=O) groups is 1. The topological polar surface area (TPSA) is 50.8 Å². The van der Waals surface area contributed by atoms with E-state index in [-0.39, 0.29) is 11.4 Å². The van der Waals surface area contributed by atoms with E-state index in [4.69, 9.17) is 9.47 Å². The van der Waals surface area contributed by atoms with E-state index in [1.165, 1.54) is 0 Å². The first kappa shape index (κ1) is 14.7. The number of hydrogen-bond acceptors (Lipinski definition) is 4. The highest BCUT2D eigenvalue weighted by molar-refractivity contribution is 6.00. The van der Waals surface area contributed by atoms with Gasteiger partial charge in [-0.15, -0.1) is 0 Å². The Morgan fingerprint density at radius 3 is 2.35 bits per heavy atom. The molecule has 0 aliphatic carbocycles. The quantitative estimate of drug-likeness (QED) is 0.911. The lowest BCUT2D eigenvalue weighted by molar-refractivity contribution is 0.0471. The third-order valence-corrected chi connectivity index (χ3v) is 3.69. The van der Waals surface area contributed by atoms with E-state index in [0.717, 1.165) is 13.1 Å². The molecule has 0 spiro atoms. The van der Waals surface area contributed by atoms with Crippen molar-refractivity contribution in [2.45, 2.75) is 19.4 Å². The van der Waals surface area contributed by atoms with Crippen molar-refractivity contribution in [1.29, 1.82) is 0 Å². The van der Waals surface area contributed by atoms with Crippen LogP contribution < -0.4 is 14.8 Å². The van der Waals surface area contributed by atoms with Crippen molar-refractivity contribution in [3.8, 4) is 11.5 Å². The predicted molar refractivity (Wildman–Crippen MR) is 77.5 cm³/mol. The average molecular weight is 278 g/mol. The van der Waals surface area contributed by atoms with E-state index in [2.05, 4.69) is 19.2 Å². The third-order valence-electron chi connectivity index (χ3n) is 3.69. The van der Waals surface area contributed by atoms with Gasteiger partial charge in [-0.2, -0.15) is 0 Å². The van der Waals surface area contributed by atoms with Gasteiger partial charge in [0.15, 0.2) is 0 Å². The molecule has 1 saturated heterocycles. The molecule has 1 aliphatic heterocycles. The number of nitrogens with zero attached hydrogens (tertiary/aromatic N) is 1. The monoisotopic (exact) mass is 278 g/mol. The summed E-state index contributed by atoms with van der Waals surface area (Å²) in [5.74, 6) is 1.04. The highest BCUT2D eigenvalue weighted by Gasteiger charge is 2.36. The van der Waals surface area contributed by atoms with Crippen LogP contribution in [0.3, 0.4) is 0 Å². The molecule has 1 aromatic carbocycles. The molecular weight excluding hydrogens is 256 g/mol. The Kier molecular flexibility index (Phi) is 4.18. The van der Waals surface area contributed by atoms with Gasteiger partial charge in [0.1, 0.15) is 17.1 Å². The summed E-state index contributed by atoms with van der Waals surface area (Å²) in [4.78, 5) is 14.8. The maximum absolute atomic E-state index is 12.9. The number of hydrogen-bond donors (Lipinski definition) is 1. The summed E-state index contributed by atoms with van der Waals surface area (Å²) in [5.41, 5.74) is 0.258. The second-order valence-electron chi connectivity index (χ2n) is 5.48. The van der Waals surface area contributed by atoms with Gasteiger partial charge in [-0.1, -0.05) is 6.07 Å². The Labute approximate surface area is 119 Å². The van der Waals surface area contributed by atoms with Gasteiger partial charge in [0.05, 0.1) is 19.8 Å². The summed E-state index contributed by atoms with van der Waals surface area (Å²) in [7, 11) is 3.13. The number of rotatable bonds is 3. The highest BCUT2D eigenvalue weighted by Crippen LogP contribution is 2.31. The van der Waals surface area contributed by atoms with Crippen molar-refractivity contribution in [2.75, 3.05) is 33.9 Å². The summed E-state index contributed by atoms with van der Waals surface area (Å²) in [6.45, 7) is 6.35. The fourth-order valence-corrected chi connectivity index (χ4v) is 2.56. The van der Waals surface area contributed by atoms with Crippen LogP contribution in [0.1, 0.15) is 24.2 Å². The standard InChI is InChI=1S/C15H22N2O3/c1-15(2)10-16-8-9-17(15)14(18)13-11(19-3)6-5-7-12(13)20-4/h5-7,16H,8-10H2,1-4H3. The molecule has 5 nitrogen and oxygen atoms in total. The lowest BCUT2D eigenvalue weighted by Gasteiger charge is -2.43. The van der Waals surface area contributed by atoms with Crippen LogP contribution in [-0.4, -0.2) is 50.2 Å². The van der Waals surface area contributed by atoms with Crippen LogP contribution >= 0.6 is 0 Å². The maximum atomic E-state index is 12.9. The summed E-state index contributed by atoms with van der Waals surface area (Å²) < 4.78 is 10.6. The number of ether oxygens (including phenoxy) is 2. The van der Waals surface area contributed by atoms with E-state index in [9.17, 15) is 4.79 Å². The predicted octanol–water partition coefficient (Wildman–Crippen LogP) is 1.53. The zero-order chi connectivity index (χ0) is 14.8. The first-order valence-corrected chi connectivity index (χ1v) is 6.75. The molecule has 1 amide bonds. The highest BCUT2D eigenvalue weighted by atomic mass is 16.5. The first-order valence-electron chi connectivity index (χ1n) is 6.75. The normalized spacial score (nSPS) is 17.7. The minimum Gasteiger partial charge on any atom is -0.496 e. The zero-order valence-corrected chi connectivity index (χ0v) is 12.5. The molecule has 1 N–H and O–H groups in total. The minimum absolute atomic E-state index is 0.0502. The largest absolute Gasteiger partial charge is 0.496 e. The van der Waals surface area contributed by atoms with Crippen LogP contribution in [0.15, 0.2) is 18.2 Å². The summed E-state index contributed by atoms with van der Waals surface area (Å²) >= 11 is 0. The molecule has 1 aromatic rings. The van der Waals surface area contributed by atoms with Gasteiger partial charge in [-0.3, -0.25) is 4.79 Å². The molecule has 0 aromatic heterocycles. The number of carbonyl (C=O) groups excluding carboxylic acids is 1. The number of piperazine rings is 1. The van der Waals surface area contributed by atoms with E-state index < -0.39 is 0 Å². The molecule has 5 heteroatoms. The molecule has 0 atom stereocenters. The molecule has 1 fully saturated rings. The Bertz CT molecular complexity index is 478. The smallest absolute Gasteiger partial charge is 0.261 e. The molecule has 1 heterocycles. The number of nitrogens with one attached hydrogen (secondary N) is 1. The summed E-state index contributed by atoms with van der Waals surface area (Å²) in [5, 5.41) is 3.31. The van der Waals surface area contributed by atoms with E-state index >= 15 is 0 Å². The summed E-state index contributed by atoms with van der Waals surface area (Å²) in [6.07, 6.45) is 0. The van der Waals surface area contributed by atoms with Gasteiger partial charge in [-0.05, 0) is 26.0 Å². The van der Waals surface area contributed by atoms with Crippen molar-refractivity contribution in [3.05, 3.63) is 23.8 Å². The van der Waals surface area contributed by atoms with Gasteiger partial charge in [-0.25, -0.2) is 0 Å². The SMILES string of the molecule is COc1cccc(OC)c1C(=O)N1CCNCC1(C)C. The van der Waals surface area contributed by atoms with Crippen molar-refractivity contribution >= 4 is 5.91 Å². The Morgan fingerprint density at radius 2 is 1.85 bits per heavy atom. The molecule has 0 bridgehead atoms. The Hall–Kier alpha value is -1.75. The molecule has 20 heavy (non-hydrogen) atoms. The van der Waals surface area contributed by atoms with E-state index in [1.807, 2.05) is 11.0 Å². The van der Waals surface area contributed by atoms with Crippen LogP contribution in [0.5, 0.6) is 11.5 Å². The van der Waals surface area contributed by atoms with Crippen LogP contribution in [0.25, 0.3) is 0 Å². The van der Waals surface area contributed by atoms with E-state index in [1.54, 1.807) is 26.4 Å². The van der Waals surface area contributed by atoms with Crippen molar-refractivity contribution < 1.29 is 14.3 Å². The van der Waals surface area contributed by atoms with Crippen molar-refractivity contribution in [1.82, 2.24) is 10.2 Å². The van der Waals surface area contributed by atoms with Crippen LogP contribution in [0.4, 0.5) is 0 Å². The first-order chi connectivity index (χ1) is 9.51. The number of amides is 1. The third kappa shape index (κ3) is 2.58. The van der Waals surface area contributed by atoms with Crippen LogP contribution in [-0.2, 0) is 0 Å². The molecule has 110 valence electrons. The van der Waals surface area contributed by atoms with Gasteiger partial charge in [0.2, 0.25) is 0 Å². The number of methoxy groups -OCH3 is 2. The molecular formula is C15H22N2O3. The van der Waals surface area contributed by atoms with Gasteiger partial charge < -0.3 is 19.7 Å². The second kappa shape index (κ2) is 5.71. The molecule has 0 saturated carbocycles. The molecule has 0 unspecified atom stereocenters. The minimum atomic E-state index is -0.235. The van der Waals surface area contributed by atoms with Crippen molar-refractivity contribution in [2.24, 2.45) is 0 Å².